The van der Waals surface area contributed by atoms with Crippen molar-refractivity contribution in [3.05, 3.63) is 18.3 Å². The van der Waals surface area contributed by atoms with Crippen molar-refractivity contribution in [1.29, 1.82) is 0 Å². The fourth-order valence-corrected chi connectivity index (χ4v) is 3.26. The third-order valence-corrected chi connectivity index (χ3v) is 4.48. The van der Waals surface area contributed by atoms with Gasteiger partial charge in [0.25, 0.3) is 5.89 Å². The Kier molecular flexibility index (Phi) is 2.77. The van der Waals surface area contributed by atoms with Gasteiger partial charge in [-0.2, -0.15) is 0 Å². The molecule has 0 aromatic carbocycles. The quantitative estimate of drug-likeness (QED) is 0.826. The van der Waals surface area contributed by atoms with E-state index in [1.54, 1.807) is 0 Å². The van der Waals surface area contributed by atoms with Crippen molar-refractivity contribution in [2.45, 2.75) is 18.9 Å². The van der Waals surface area contributed by atoms with Crippen LogP contribution in [0.1, 0.15) is 12.8 Å². The number of anilines is 1. The maximum Gasteiger partial charge on any atom is 0.318 e. The van der Waals surface area contributed by atoms with Crippen LogP contribution in [0.5, 0.6) is 0 Å². The number of rotatable bonds is 2. The lowest BCUT2D eigenvalue weighted by molar-refractivity contribution is 0.249. The smallest absolute Gasteiger partial charge is 0.318 e. The molecule has 106 valence electrons. The van der Waals surface area contributed by atoms with E-state index in [0.717, 1.165) is 18.8 Å². The van der Waals surface area contributed by atoms with Crippen molar-refractivity contribution < 1.29 is 4.42 Å². The van der Waals surface area contributed by atoms with Gasteiger partial charge in [-0.15, -0.1) is 5.10 Å². The van der Waals surface area contributed by atoms with Crippen molar-refractivity contribution in [1.82, 2.24) is 19.7 Å². The molecule has 0 unspecified atom stereocenters. The molecule has 5 heterocycles. The molecule has 0 radical (unpaired) electrons. The van der Waals surface area contributed by atoms with Crippen LogP contribution in [0.3, 0.4) is 0 Å². The average Bonchev–Trinajstić information content (AvgIpc) is 3.00. The number of nitrogens with zero attached hydrogens (tertiary/aromatic N) is 5. The molecule has 6 nitrogen and oxygen atoms in total. The largest absolute Gasteiger partial charge is 0.402 e. The van der Waals surface area contributed by atoms with Gasteiger partial charge in [-0.1, -0.05) is 5.10 Å². The van der Waals surface area contributed by atoms with E-state index in [0.29, 0.717) is 17.9 Å². The lowest BCUT2D eigenvalue weighted by Gasteiger charge is -2.29. The van der Waals surface area contributed by atoms with Gasteiger partial charge < -0.3 is 18.8 Å². The summed E-state index contributed by atoms with van der Waals surface area (Å²) >= 11 is 0. The zero-order valence-corrected chi connectivity index (χ0v) is 11.7. The molecule has 3 fully saturated rings. The molecule has 0 spiro atoms. The van der Waals surface area contributed by atoms with Gasteiger partial charge in [-0.25, -0.2) is 0 Å². The van der Waals surface area contributed by atoms with E-state index in [9.17, 15) is 0 Å². The Morgan fingerprint density at radius 1 is 1.15 bits per heavy atom. The maximum absolute atomic E-state index is 5.92. The minimum Gasteiger partial charge on any atom is -0.402 e. The Labute approximate surface area is 118 Å². The second-order valence-corrected chi connectivity index (χ2v) is 5.66. The first-order valence-corrected chi connectivity index (χ1v) is 7.25. The molecule has 2 aromatic heterocycles. The van der Waals surface area contributed by atoms with E-state index in [1.807, 2.05) is 29.9 Å². The molecule has 3 aliphatic rings. The number of hydrogen-bond donors (Lipinski definition) is 0. The fraction of sp³-hybridized carbons (Fsp3) is 0.571. The SMILES string of the molecule is [11CH3]n1cccc1-c1nnc(N2CCN3CCC2CC3)o1. The number of fused-ring (bicyclic) bond motifs is 4. The van der Waals surface area contributed by atoms with E-state index >= 15 is 0 Å². The number of aromatic nitrogens is 3. The van der Waals surface area contributed by atoms with Gasteiger partial charge in [0.2, 0.25) is 0 Å². The van der Waals surface area contributed by atoms with Crippen LogP contribution < -0.4 is 4.90 Å². The zero-order valence-electron chi connectivity index (χ0n) is 11.7. The lowest BCUT2D eigenvalue weighted by Crippen LogP contribution is -2.38. The minimum atomic E-state index is 0.551. The fourth-order valence-electron chi connectivity index (χ4n) is 3.26. The van der Waals surface area contributed by atoms with Crippen molar-refractivity contribution in [3.63, 3.8) is 0 Å². The van der Waals surface area contributed by atoms with E-state index in [1.165, 1.54) is 25.9 Å². The summed E-state index contributed by atoms with van der Waals surface area (Å²) in [5.74, 6) is 0.603. The standard InChI is InChI=1S/C14H19N5O/c1-17-6-2-3-12(17)13-15-16-14(20-13)19-10-9-18-7-4-11(19)5-8-18/h2-3,6,11H,4-5,7-10H2,1H3/i1-1. The van der Waals surface area contributed by atoms with Gasteiger partial charge in [0, 0.05) is 45.5 Å². The van der Waals surface area contributed by atoms with Crippen LogP contribution in [0, 0.1) is 0 Å². The highest BCUT2D eigenvalue weighted by Gasteiger charge is 2.31. The highest BCUT2D eigenvalue weighted by Crippen LogP contribution is 2.28. The predicted molar refractivity (Wildman–Crippen MR) is 75.5 cm³/mol. The highest BCUT2D eigenvalue weighted by molar-refractivity contribution is 5.49. The third-order valence-electron chi connectivity index (χ3n) is 4.48. The molecule has 0 N–H and O–H groups in total. The Hall–Kier alpha value is -1.82. The topological polar surface area (TPSA) is 50.3 Å². The van der Waals surface area contributed by atoms with E-state index in [4.69, 9.17) is 4.42 Å². The Morgan fingerprint density at radius 2 is 2.00 bits per heavy atom. The molecule has 3 aliphatic heterocycles. The second-order valence-electron chi connectivity index (χ2n) is 5.66. The van der Waals surface area contributed by atoms with Crippen LogP contribution in [0.2, 0.25) is 0 Å². The second kappa shape index (κ2) is 4.63. The zero-order chi connectivity index (χ0) is 13.5. The van der Waals surface area contributed by atoms with Crippen LogP contribution in [-0.4, -0.2) is 51.9 Å². The molecule has 2 aromatic rings. The molecular weight excluding hydrogens is 253 g/mol. The number of piperidine rings is 1. The minimum absolute atomic E-state index is 0.551. The summed E-state index contributed by atoms with van der Waals surface area (Å²) in [6, 6.07) is 5.21. The van der Waals surface area contributed by atoms with E-state index in [-0.39, 0.29) is 0 Å². The van der Waals surface area contributed by atoms with Gasteiger partial charge in [-0.3, -0.25) is 0 Å². The van der Waals surface area contributed by atoms with Crippen LogP contribution in [0.4, 0.5) is 6.01 Å². The molecule has 0 saturated carbocycles. The number of aryl methyl sites for hydroxylation is 1. The van der Waals surface area contributed by atoms with Crippen LogP contribution >= 0.6 is 0 Å². The van der Waals surface area contributed by atoms with Gasteiger partial charge in [0.15, 0.2) is 0 Å². The summed E-state index contributed by atoms with van der Waals surface area (Å²) in [5, 5.41) is 8.49. The van der Waals surface area contributed by atoms with Crippen molar-refractivity contribution in [2.75, 3.05) is 31.1 Å². The monoisotopic (exact) mass is 272 g/mol. The van der Waals surface area contributed by atoms with E-state index < -0.39 is 0 Å². The Balaban J connectivity index is 1.63. The van der Waals surface area contributed by atoms with Gasteiger partial charge in [0.1, 0.15) is 5.69 Å². The molecular formula is C14H19N5O. The molecule has 0 atom stereocenters. The summed E-state index contributed by atoms with van der Waals surface area (Å²) in [4.78, 5) is 4.82. The molecule has 0 amide bonds. The average molecular weight is 272 g/mol. The first-order chi connectivity index (χ1) is 9.81. The summed E-state index contributed by atoms with van der Waals surface area (Å²) in [5.41, 5.74) is 0.964. The van der Waals surface area contributed by atoms with Gasteiger partial charge >= 0.3 is 6.01 Å². The molecule has 2 bridgehead atoms. The summed E-state index contributed by atoms with van der Waals surface area (Å²) < 4.78 is 7.92. The third kappa shape index (κ3) is 1.91. The van der Waals surface area contributed by atoms with Gasteiger partial charge in [0.05, 0.1) is 0 Å². The van der Waals surface area contributed by atoms with Crippen LogP contribution in [-0.2, 0) is 7.05 Å². The normalized spacial score (nSPS) is 25.9. The Morgan fingerprint density at radius 3 is 2.75 bits per heavy atom. The molecule has 20 heavy (non-hydrogen) atoms. The lowest BCUT2D eigenvalue weighted by atomic mass is 10.1. The maximum atomic E-state index is 5.92. The van der Waals surface area contributed by atoms with Crippen LogP contribution in [0.15, 0.2) is 22.7 Å². The summed E-state index contributed by atoms with van der Waals surface area (Å²) in [6.07, 6.45) is 4.38. The predicted octanol–water partition coefficient (Wildman–Crippen LogP) is 1.36. The first-order valence-electron chi connectivity index (χ1n) is 7.25. The number of hydrogen-bond acceptors (Lipinski definition) is 5. The van der Waals surface area contributed by atoms with Crippen LogP contribution in [0.25, 0.3) is 11.6 Å². The summed E-state index contributed by atoms with van der Waals surface area (Å²) in [6.45, 7) is 4.47. The van der Waals surface area contributed by atoms with Crippen molar-refractivity contribution in [3.8, 4) is 11.6 Å². The van der Waals surface area contributed by atoms with Gasteiger partial charge in [-0.05, 0) is 25.0 Å². The highest BCUT2D eigenvalue weighted by atomic mass is 16.4. The molecule has 5 rings (SSSR count). The van der Waals surface area contributed by atoms with E-state index in [2.05, 4.69) is 20.0 Å². The molecule has 6 heteroatoms. The Bertz CT molecular complexity index is 596. The molecule has 0 aliphatic carbocycles. The summed E-state index contributed by atoms with van der Waals surface area (Å²) in [7, 11) is 1.99. The van der Waals surface area contributed by atoms with Crippen molar-refractivity contribution in [2.24, 2.45) is 7.05 Å². The first kappa shape index (κ1) is 12.0. The molecule has 3 saturated heterocycles. The van der Waals surface area contributed by atoms with Crippen molar-refractivity contribution >= 4 is 6.01 Å².